The number of nitrogens with zero attached hydrogens (tertiary/aromatic N) is 1. The smallest absolute Gasteiger partial charge is 0.146 e. The molecule has 3 heteroatoms. The van der Waals surface area contributed by atoms with Crippen molar-refractivity contribution in [2.75, 3.05) is 23.7 Å². The molecule has 0 amide bonds. The molecular weight excluding hydrogens is 239 g/mol. The molecule has 2 aromatic carbocycles. The van der Waals surface area contributed by atoms with Gasteiger partial charge in [-0.2, -0.15) is 0 Å². The van der Waals surface area contributed by atoms with E-state index in [2.05, 4.69) is 11.0 Å². The lowest BCUT2D eigenvalue weighted by molar-refractivity contribution is 0.622. The van der Waals surface area contributed by atoms with E-state index in [-0.39, 0.29) is 5.82 Å². The largest absolute Gasteiger partial charge is 0.399 e. The van der Waals surface area contributed by atoms with Gasteiger partial charge in [-0.15, -0.1) is 0 Å². The third-order valence-corrected chi connectivity index (χ3v) is 3.76. The van der Waals surface area contributed by atoms with Crippen molar-refractivity contribution in [3.05, 3.63) is 59.9 Å². The van der Waals surface area contributed by atoms with Gasteiger partial charge in [-0.05, 0) is 36.2 Å². The van der Waals surface area contributed by atoms with Gasteiger partial charge in [0.05, 0.1) is 5.69 Å². The zero-order chi connectivity index (χ0) is 13.2. The molecule has 1 unspecified atom stereocenters. The summed E-state index contributed by atoms with van der Waals surface area (Å²) in [5.74, 6) is 0.291. The normalized spacial score (nSPS) is 18.8. The Morgan fingerprint density at radius 1 is 1.11 bits per heavy atom. The van der Waals surface area contributed by atoms with Gasteiger partial charge < -0.3 is 10.6 Å². The molecule has 1 aliphatic rings. The van der Waals surface area contributed by atoms with E-state index in [4.69, 9.17) is 5.73 Å². The lowest BCUT2D eigenvalue weighted by Crippen LogP contribution is -2.20. The van der Waals surface area contributed by atoms with Crippen molar-refractivity contribution in [3.63, 3.8) is 0 Å². The number of hydrogen-bond donors (Lipinski definition) is 1. The first-order valence-corrected chi connectivity index (χ1v) is 6.59. The van der Waals surface area contributed by atoms with Crippen LogP contribution < -0.4 is 10.6 Å². The molecule has 1 aliphatic heterocycles. The molecule has 3 rings (SSSR count). The fourth-order valence-corrected chi connectivity index (χ4v) is 2.77. The summed E-state index contributed by atoms with van der Waals surface area (Å²) in [5, 5.41) is 0. The van der Waals surface area contributed by atoms with Crippen LogP contribution in [0.2, 0.25) is 0 Å². The molecule has 2 aromatic rings. The fourth-order valence-electron chi connectivity index (χ4n) is 2.77. The van der Waals surface area contributed by atoms with Gasteiger partial charge in [0.2, 0.25) is 0 Å². The third kappa shape index (κ3) is 2.41. The van der Waals surface area contributed by atoms with E-state index in [0.717, 1.165) is 25.2 Å². The maximum absolute atomic E-state index is 13.8. The summed E-state index contributed by atoms with van der Waals surface area (Å²) < 4.78 is 13.8. The fraction of sp³-hybridized carbons (Fsp3) is 0.250. The standard InChI is InChI=1S/C16H17FN2/c17-15-6-1-2-7-16(15)19-9-8-13(11-19)12-4-3-5-14(18)10-12/h1-7,10,13H,8-9,11,18H2. The summed E-state index contributed by atoms with van der Waals surface area (Å²) >= 11 is 0. The van der Waals surface area contributed by atoms with Gasteiger partial charge in [-0.1, -0.05) is 24.3 Å². The molecule has 0 aromatic heterocycles. The molecule has 2 nitrogen and oxygen atoms in total. The summed E-state index contributed by atoms with van der Waals surface area (Å²) in [6.45, 7) is 1.74. The molecular formula is C16H17FN2. The lowest BCUT2D eigenvalue weighted by atomic mass is 9.98. The Morgan fingerprint density at radius 3 is 2.74 bits per heavy atom. The van der Waals surface area contributed by atoms with Crippen molar-refractivity contribution >= 4 is 11.4 Å². The van der Waals surface area contributed by atoms with Crippen LogP contribution in [0.25, 0.3) is 0 Å². The highest BCUT2D eigenvalue weighted by atomic mass is 19.1. The van der Waals surface area contributed by atoms with Crippen molar-refractivity contribution in [1.29, 1.82) is 0 Å². The predicted octanol–water partition coefficient (Wildman–Crippen LogP) is 3.40. The highest BCUT2D eigenvalue weighted by molar-refractivity contribution is 5.50. The van der Waals surface area contributed by atoms with E-state index < -0.39 is 0 Å². The molecule has 0 spiro atoms. The van der Waals surface area contributed by atoms with Crippen LogP contribution >= 0.6 is 0 Å². The van der Waals surface area contributed by atoms with Gasteiger partial charge in [-0.25, -0.2) is 4.39 Å². The number of benzene rings is 2. The first kappa shape index (κ1) is 12.0. The molecule has 1 saturated heterocycles. The Labute approximate surface area is 112 Å². The van der Waals surface area contributed by atoms with Crippen molar-refractivity contribution in [3.8, 4) is 0 Å². The molecule has 0 aliphatic carbocycles. The van der Waals surface area contributed by atoms with Crippen LogP contribution in [-0.2, 0) is 0 Å². The van der Waals surface area contributed by atoms with Crippen molar-refractivity contribution < 1.29 is 4.39 Å². The Kier molecular flexibility index (Phi) is 3.11. The van der Waals surface area contributed by atoms with Crippen molar-refractivity contribution in [1.82, 2.24) is 0 Å². The maximum Gasteiger partial charge on any atom is 0.146 e. The minimum Gasteiger partial charge on any atom is -0.399 e. The van der Waals surface area contributed by atoms with E-state index in [9.17, 15) is 4.39 Å². The van der Waals surface area contributed by atoms with Gasteiger partial charge in [0, 0.05) is 24.7 Å². The Bertz CT molecular complexity index is 582. The van der Waals surface area contributed by atoms with E-state index in [0.29, 0.717) is 11.6 Å². The number of nitrogens with two attached hydrogens (primary N) is 1. The summed E-state index contributed by atoms with van der Waals surface area (Å²) in [6.07, 6.45) is 1.04. The van der Waals surface area contributed by atoms with Crippen molar-refractivity contribution in [2.45, 2.75) is 12.3 Å². The summed E-state index contributed by atoms with van der Waals surface area (Å²) in [5.41, 5.74) is 8.57. The number of hydrogen-bond acceptors (Lipinski definition) is 2. The average molecular weight is 256 g/mol. The van der Waals surface area contributed by atoms with E-state index >= 15 is 0 Å². The highest BCUT2D eigenvalue weighted by Crippen LogP contribution is 2.32. The predicted molar refractivity (Wildman–Crippen MR) is 76.8 cm³/mol. The van der Waals surface area contributed by atoms with Crippen LogP contribution in [0, 0.1) is 5.82 Å². The second-order valence-electron chi connectivity index (χ2n) is 5.05. The van der Waals surface area contributed by atoms with E-state index in [1.807, 2.05) is 30.3 Å². The zero-order valence-corrected chi connectivity index (χ0v) is 10.7. The summed E-state index contributed by atoms with van der Waals surface area (Å²) in [4.78, 5) is 2.11. The van der Waals surface area contributed by atoms with Gasteiger partial charge in [0.1, 0.15) is 5.82 Å². The second kappa shape index (κ2) is 4.92. The maximum atomic E-state index is 13.8. The molecule has 1 fully saturated rings. The van der Waals surface area contributed by atoms with Crippen LogP contribution in [0.4, 0.5) is 15.8 Å². The minimum atomic E-state index is -0.143. The van der Waals surface area contributed by atoms with Crippen LogP contribution in [0.3, 0.4) is 0 Å². The molecule has 0 radical (unpaired) electrons. The van der Waals surface area contributed by atoms with E-state index in [1.165, 1.54) is 11.6 Å². The van der Waals surface area contributed by atoms with Crippen LogP contribution in [0.15, 0.2) is 48.5 Å². The third-order valence-electron chi connectivity index (χ3n) is 3.76. The molecule has 2 N–H and O–H groups in total. The van der Waals surface area contributed by atoms with Gasteiger partial charge in [0.25, 0.3) is 0 Å². The first-order valence-electron chi connectivity index (χ1n) is 6.59. The molecule has 19 heavy (non-hydrogen) atoms. The minimum absolute atomic E-state index is 0.143. The SMILES string of the molecule is Nc1cccc(C2CCN(c3ccccc3F)C2)c1. The monoisotopic (exact) mass is 256 g/mol. The Morgan fingerprint density at radius 2 is 1.95 bits per heavy atom. The number of rotatable bonds is 2. The van der Waals surface area contributed by atoms with E-state index in [1.54, 1.807) is 6.07 Å². The molecule has 98 valence electrons. The topological polar surface area (TPSA) is 29.3 Å². The lowest BCUT2D eigenvalue weighted by Gasteiger charge is -2.19. The average Bonchev–Trinajstić information content (AvgIpc) is 2.89. The molecule has 1 heterocycles. The quantitative estimate of drug-likeness (QED) is 0.834. The van der Waals surface area contributed by atoms with Crippen LogP contribution in [-0.4, -0.2) is 13.1 Å². The number of halogens is 1. The highest BCUT2D eigenvalue weighted by Gasteiger charge is 2.25. The number of nitrogen functional groups attached to an aromatic ring is 1. The second-order valence-corrected chi connectivity index (χ2v) is 5.05. The van der Waals surface area contributed by atoms with Crippen LogP contribution in [0.5, 0.6) is 0 Å². The first-order chi connectivity index (χ1) is 9.24. The Hall–Kier alpha value is -2.03. The zero-order valence-electron chi connectivity index (χ0n) is 10.7. The summed E-state index contributed by atoms with van der Waals surface area (Å²) in [7, 11) is 0. The van der Waals surface area contributed by atoms with Gasteiger partial charge in [0.15, 0.2) is 0 Å². The Balaban J connectivity index is 1.79. The molecule has 0 bridgehead atoms. The molecule has 0 saturated carbocycles. The molecule has 1 atom stereocenters. The van der Waals surface area contributed by atoms with Gasteiger partial charge >= 0.3 is 0 Å². The van der Waals surface area contributed by atoms with Crippen molar-refractivity contribution in [2.24, 2.45) is 0 Å². The number of anilines is 2. The van der Waals surface area contributed by atoms with Crippen LogP contribution in [0.1, 0.15) is 17.9 Å². The number of para-hydroxylation sites is 1. The summed E-state index contributed by atoms with van der Waals surface area (Å²) in [6, 6.07) is 15.0. The van der Waals surface area contributed by atoms with Gasteiger partial charge in [-0.3, -0.25) is 0 Å².